The van der Waals surface area contributed by atoms with Crippen molar-refractivity contribution < 1.29 is 0 Å². The van der Waals surface area contributed by atoms with Gasteiger partial charge in [0.15, 0.2) is 0 Å². The Morgan fingerprint density at radius 1 is 1.10 bits per heavy atom. The zero-order valence-corrected chi connectivity index (χ0v) is 8.10. The van der Waals surface area contributed by atoms with Crippen molar-refractivity contribution in [1.82, 2.24) is 9.80 Å². The highest BCUT2D eigenvalue weighted by Crippen LogP contribution is 2.13. The molecule has 0 aromatic heterocycles. The van der Waals surface area contributed by atoms with E-state index >= 15 is 0 Å². The molecule has 0 bridgehead atoms. The van der Waals surface area contributed by atoms with Crippen molar-refractivity contribution in [3.05, 3.63) is 0 Å². The fraction of sp³-hybridized carbons (Fsp3) is 1.00. The summed E-state index contributed by atoms with van der Waals surface area (Å²) in [6.07, 6.45) is 1.15. The fourth-order valence-corrected chi connectivity index (χ4v) is 1.03. The summed E-state index contributed by atoms with van der Waals surface area (Å²) in [4.78, 5) is 4.49. The summed E-state index contributed by atoms with van der Waals surface area (Å²) in [5.41, 5.74) is 0.208. The Kier molecular flexibility index (Phi) is 3.39. The van der Waals surface area contributed by atoms with E-state index in [1.165, 1.54) is 0 Å². The molecule has 0 unspecified atom stereocenters. The molecule has 0 heterocycles. The molecule has 10 heavy (non-hydrogen) atoms. The predicted molar refractivity (Wildman–Crippen MR) is 48.9 cm³/mol. The fourth-order valence-electron chi connectivity index (χ4n) is 1.03. The van der Waals surface area contributed by atoms with E-state index in [1.807, 2.05) is 0 Å². The lowest BCUT2D eigenvalue weighted by molar-refractivity contribution is 0.0809. The minimum Gasteiger partial charge on any atom is -0.299 e. The highest BCUT2D eigenvalue weighted by molar-refractivity contribution is 6.14. The summed E-state index contributed by atoms with van der Waals surface area (Å²) in [6.45, 7) is 2.21. The van der Waals surface area contributed by atoms with Gasteiger partial charge in [0.25, 0.3) is 0 Å². The molecule has 60 valence electrons. The summed E-state index contributed by atoms with van der Waals surface area (Å²) in [5, 5.41) is 0. The van der Waals surface area contributed by atoms with Crippen molar-refractivity contribution in [2.45, 2.75) is 18.9 Å². The number of nitrogens with zero attached hydrogens (tertiary/aromatic N) is 2. The molecule has 2 nitrogen and oxygen atoms in total. The predicted octanol–water partition coefficient (Wildman–Crippen LogP) is -0.194. The van der Waals surface area contributed by atoms with E-state index < -0.39 is 0 Å². The van der Waals surface area contributed by atoms with Crippen molar-refractivity contribution in [1.29, 1.82) is 0 Å². The third-order valence-electron chi connectivity index (χ3n) is 2.60. The number of rotatable bonds is 3. The second kappa shape index (κ2) is 3.40. The Morgan fingerprint density at radius 2 is 1.40 bits per heavy atom. The molecule has 0 radical (unpaired) electrons. The van der Waals surface area contributed by atoms with Gasteiger partial charge in [0, 0.05) is 5.56 Å². The summed E-state index contributed by atoms with van der Waals surface area (Å²) in [7, 11) is 10.7. The Bertz CT molecular complexity index is 93.8. The zero-order valence-electron chi connectivity index (χ0n) is 8.10. The molecule has 0 N–H and O–H groups in total. The van der Waals surface area contributed by atoms with Crippen LogP contribution in [0.5, 0.6) is 0 Å². The van der Waals surface area contributed by atoms with Crippen LogP contribution in [0.25, 0.3) is 0 Å². The average Bonchev–Trinajstić information content (AvgIpc) is 1.85. The highest BCUT2D eigenvalue weighted by atomic mass is 15.3. The maximum atomic E-state index is 2.24. The molecule has 0 saturated heterocycles. The molecule has 0 aromatic carbocycles. The van der Waals surface area contributed by atoms with Crippen molar-refractivity contribution in [2.75, 3.05) is 28.2 Å². The van der Waals surface area contributed by atoms with Crippen LogP contribution >= 0.6 is 0 Å². The molecule has 0 amide bonds. The van der Waals surface area contributed by atoms with Gasteiger partial charge in [0.2, 0.25) is 0 Å². The summed E-state index contributed by atoms with van der Waals surface area (Å²) >= 11 is 0. The van der Waals surface area contributed by atoms with Crippen LogP contribution in [-0.4, -0.2) is 51.4 Å². The Labute approximate surface area is 65.6 Å². The Morgan fingerprint density at radius 3 is 1.40 bits per heavy atom. The Balaban J connectivity index is 4.23. The van der Waals surface area contributed by atoms with Gasteiger partial charge in [-0.05, 0) is 34.6 Å². The van der Waals surface area contributed by atoms with Crippen LogP contribution in [0.4, 0.5) is 0 Å². The van der Waals surface area contributed by atoms with E-state index in [9.17, 15) is 0 Å². The first-order valence-electron chi connectivity index (χ1n) is 3.80. The topological polar surface area (TPSA) is 6.48 Å². The van der Waals surface area contributed by atoms with Crippen molar-refractivity contribution in [3.8, 4) is 0 Å². The smallest absolute Gasteiger partial charge is 0.146 e. The highest BCUT2D eigenvalue weighted by Gasteiger charge is 2.26. The lowest BCUT2D eigenvalue weighted by Crippen LogP contribution is -2.55. The first kappa shape index (κ1) is 9.98. The van der Waals surface area contributed by atoms with Gasteiger partial charge in [-0.1, -0.05) is 6.92 Å². The number of hydrogen-bond donors (Lipinski definition) is 0. The quantitative estimate of drug-likeness (QED) is 0.398. The first-order chi connectivity index (χ1) is 4.45. The summed E-state index contributed by atoms with van der Waals surface area (Å²) < 4.78 is 0. The molecule has 0 aromatic rings. The SMILES string of the molecule is BC(CC)(N(C)C)N(C)C. The maximum absolute atomic E-state index is 2.24. The van der Waals surface area contributed by atoms with Gasteiger partial charge in [0.05, 0.1) is 0 Å². The normalized spacial score (nSPS) is 13.1. The van der Waals surface area contributed by atoms with E-state index in [-0.39, 0.29) is 5.56 Å². The van der Waals surface area contributed by atoms with Gasteiger partial charge in [0.1, 0.15) is 7.85 Å². The van der Waals surface area contributed by atoms with Gasteiger partial charge in [-0.2, -0.15) is 0 Å². The molecule has 0 atom stereocenters. The van der Waals surface area contributed by atoms with Crippen LogP contribution in [0.1, 0.15) is 13.3 Å². The van der Waals surface area contributed by atoms with Gasteiger partial charge < -0.3 is 0 Å². The average molecular weight is 142 g/mol. The van der Waals surface area contributed by atoms with Crippen LogP contribution in [0.15, 0.2) is 0 Å². The van der Waals surface area contributed by atoms with Crippen LogP contribution in [0.2, 0.25) is 0 Å². The molecule has 0 aliphatic carbocycles. The van der Waals surface area contributed by atoms with Gasteiger partial charge in [-0.3, -0.25) is 9.80 Å². The first-order valence-corrected chi connectivity index (χ1v) is 3.80. The van der Waals surface area contributed by atoms with E-state index in [0.717, 1.165) is 6.42 Å². The van der Waals surface area contributed by atoms with Crippen LogP contribution in [-0.2, 0) is 0 Å². The third kappa shape index (κ3) is 1.73. The minimum atomic E-state index is 0.208. The monoisotopic (exact) mass is 142 g/mol. The summed E-state index contributed by atoms with van der Waals surface area (Å²) in [6, 6.07) is 0. The Hall–Kier alpha value is -0.0151. The van der Waals surface area contributed by atoms with Crippen molar-refractivity contribution >= 4 is 7.85 Å². The van der Waals surface area contributed by atoms with Crippen molar-refractivity contribution in [2.24, 2.45) is 0 Å². The van der Waals surface area contributed by atoms with E-state index in [4.69, 9.17) is 0 Å². The van der Waals surface area contributed by atoms with Crippen molar-refractivity contribution in [3.63, 3.8) is 0 Å². The van der Waals surface area contributed by atoms with E-state index in [2.05, 4.69) is 52.8 Å². The third-order valence-corrected chi connectivity index (χ3v) is 2.60. The van der Waals surface area contributed by atoms with E-state index in [1.54, 1.807) is 0 Å². The molecule has 0 rings (SSSR count). The standard InChI is InChI=1S/C7H19BN2/c1-6-7(8,9(2)3)10(4)5/h6,8H2,1-5H3. The molecule has 0 spiro atoms. The molecule has 0 fully saturated rings. The maximum Gasteiger partial charge on any atom is 0.146 e. The lowest BCUT2D eigenvalue weighted by atomic mass is 9.82. The van der Waals surface area contributed by atoms with Crippen LogP contribution in [0.3, 0.4) is 0 Å². The summed E-state index contributed by atoms with van der Waals surface area (Å²) in [5.74, 6) is 0. The second-order valence-corrected chi connectivity index (χ2v) is 3.36. The van der Waals surface area contributed by atoms with Gasteiger partial charge in [-0.25, -0.2) is 0 Å². The molecule has 0 aliphatic rings. The largest absolute Gasteiger partial charge is 0.299 e. The van der Waals surface area contributed by atoms with Crippen LogP contribution in [0, 0.1) is 0 Å². The molecule has 0 aliphatic heterocycles. The number of hydrogen-bond acceptors (Lipinski definition) is 2. The zero-order chi connectivity index (χ0) is 8.36. The minimum absolute atomic E-state index is 0.208. The molecular formula is C7H19BN2. The van der Waals surface area contributed by atoms with Crippen LogP contribution < -0.4 is 0 Å². The van der Waals surface area contributed by atoms with E-state index in [0.29, 0.717) is 0 Å². The lowest BCUT2D eigenvalue weighted by Gasteiger charge is -2.42. The van der Waals surface area contributed by atoms with Gasteiger partial charge >= 0.3 is 0 Å². The molecule has 0 saturated carbocycles. The molecular weight excluding hydrogens is 123 g/mol. The molecule has 3 heteroatoms. The van der Waals surface area contributed by atoms with Gasteiger partial charge in [-0.15, -0.1) is 0 Å². The second-order valence-electron chi connectivity index (χ2n) is 3.36.